The first kappa shape index (κ1) is 24.0. The predicted molar refractivity (Wildman–Crippen MR) is 135 cm³/mol. The highest BCUT2D eigenvalue weighted by Crippen LogP contribution is 2.67. The van der Waals surface area contributed by atoms with Crippen LogP contribution in [0.3, 0.4) is 0 Å². The van der Waals surface area contributed by atoms with Crippen molar-refractivity contribution in [2.75, 3.05) is 21.3 Å². The molecule has 186 valence electrons. The molecule has 0 saturated heterocycles. The van der Waals surface area contributed by atoms with Gasteiger partial charge in [-0.25, -0.2) is 0 Å². The van der Waals surface area contributed by atoms with Gasteiger partial charge in [-0.15, -0.1) is 5.92 Å². The summed E-state index contributed by atoms with van der Waals surface area (Å²) in [6.45, 7) is 4.06. The van der Waals surface area contributed by atoms with Crippen LogP contribution in [0.1, 0.15) is 70.3 Å². The number of benzene rings is 1. The van der Waals surface area contributed by atoms with Crippen molar-refractivity contribution in [3.8, 4) is 29.1 Å². The minimum Gasteiger partial charge on any atom is -0.493 e. The molecule has 2 saturated carbocycles. The smallest absolute Gasteiger partial charge is 0.203 e. The number of carbonyl (C=O) groups is 1. The van der Waals surface area contributed by atoms with E-state index in [-0.39, 0.29) is 17.1 Å². The molecule has 0 amide bonds. The molecule has 0 aromatic heterocycles. The molecule has 2 fully saturated rings. The molecule has 0 spiro atoms. The summed E-state index contributed by atoms with van der Waals surface area (Å²) in [7, 11) is 4.90. The molecule has 5 heteroatoms. The van der Waals surface area contributed by atoms with Crippen LogP contribution in [0.2, 0.25) is 0 Å². The van der Waals surface area contributed by atoms with E-state index in [1.807, 2.05) is 13.0 Å². The molecular weight excluding hydrogens is 440 g/mol. The number of aliphatic hydroxyl groups is 1. The molecule has 1 N–H and O–H groups in total. The van der Waals surface area contributed by atoms with Crippen LogP contribution >= 0.6 is 0 Å². The van der Waals surface area contributed by atoms with Gasteiger partial charge in [0.05, 0.1) is 21.3 Å². The van der Waals surface area contributed by atoms with Crippen molar-refractivity contribution in [3.63, 3.8) is 0 Å². The second-order valence-electron chi connectivity index (χ2n) is 10.7. The van der Waals surface area contributed by atoms with E-state index in [9.17, 15) is 9.90 Å². The first-order valence-electron chi connectivity index (χ1n) is 12.7. The minimum absolute atomic E-state index is 0.0742. The number of hydrogen-bond donors (Lipinski definition) is 1. The van der Waals surface area contributed by atoms with Crippen molar-refractivity contribution in [1.29, 1.82) is 0 Å². The zero-order chi connectivity index (χ0) is 25.0. The lowest BCUT2D eigenvalue weighted by molar-refractivity contribution is -0.114. The van der Waals surface area contributed by atoms with Gasteiger partial charge in [0.25, 0.3) is 0 Å². The lowest BCUT2D eigenvalue weighted by Crippen LogP contribution is -2.51. The van der Waals surface area contributed by atoms with Crippen molar-refractivity contribution in [1.82, 2.24) is 0 Å². The Balaban J connectivity index is 1.74. The van der Waals surface area contributed by atoms with Crippen molar-refractivity contribution in [3.05, 3.63) is 40.5 Å². The van der Waals surface area contributed by atoms with Gasteiger partial charge in [-0.3, -0.25) is 4.79 Å². The van der Waals surface area contributed by atoms with Crippen molar-refractivity contribution < 1.29 is 24.1 Å². The third-order valence-corrected chi connectivity index (χ3v) is 9.31. The van der Waals surface area contributed by atoms with E-state index in [4.69, 9.17) is 14.2 Å². The van der Waals surface area contributed by atoms with E-state index in [0.717, 1.165) is 37.7 Å². The van der Waals surface area contributed by atoms with Crippen LogP contribution in [0.15, 0.2) is 34.9 Å². The fraction of sp³-hybridized carbons (Fsp3) is 0.567. The van der Waals surface area contributed by atoms with Gasteiger partial charge in [0.2, 0.25) is 5.75 Å². The predicted octanol–water partition coefficient (Wildman–Crippen LogP) is 5.37. The molecule has 4 unspecified atom stereocenters. The average Bonchev–Trinajstić information content (AvgIpc) is 3.12. The largest absolute Gasteiger partial charge is 0.493 e. The van der Waals surface area contributed by atoms with Gasteiger partial charge < -0.3 is 19.3 Å². The molecule has 5 nitrogen and oxygen atoms in total. The Hall–Kier alpha value is -2.71. The number of ketones is 1. The van der Waals surface area contributed by atoms with E-state index in [1.165, 1.54) is 16.7 Å². The highest BCUT2D eigenvalue weighted by molar-refractivity contribution is 5.93. The highest BCUT2D eigenvalue weighted by Gasteiger charge is 2.62. The lowest BCUT2D eigenvalue weighted by Gasteiger charge is -2.53. The van der Waals surface area contributed by atoms with Gasteiger partial charge in [-0.05, 0) is 92.2 Å². The molecule has 0 aliphatic heterocycles. The number of fused-ring (bicyclic) bond motifs is 4. The van der Waals surface area contributed by atoms with E-state index in [1.54, 1.807) is 21.3 Å². The van der Waals surface area contributed by atoms with Gasteiger partial charge in [0.15, 0.2) is 17.3 Å². The zero-order valence-electron chi connectivity index (χ0n) is 21.5. The number of carbonyl (C=O) groups excluding carboxylic acids is 1. The van der Waals surface area contributed by atoms with Gasteiger partial charge in [0, 0.05) is 17.8 Å². The molecule has 4 aliphatic carbocycles. The number of rotatable bonds is 4. The minimum atomic E-state index is -1.000. The monoisotopic (exact) mass is 476 g/mol. The normalized spacial score (nSPS) is 33.6. The van der Waals surface area contributed by atoms with Crippen LogP contribution in [0.4, 0.5) is 0 Å². The summed E-state index contributed by atoms with van der Waals surface area (Å²) in [6, 6.07) is 4.12. The molecule has 0 heterocycles. The number of hydrogen-bond acceptors (Lipinski definition) is 5. The Kier molecular flexibility index (Phi) is 6.00. The van der Waals surface area contributed by atoms with Crippen LogP contribution in [-0.2, 0) is 4.79 Å². The van der Waals surface area contributed by atoms with E-state index in [2.05, 4.69) is 30.9 Å². The quantitative estimate of drug-likeness (QED) is 0.592. The average molecular weight is 477 g/mol. The molecule has 1 aromatic rings. The summed E-state index contributed by atoms with van der Waals surface area (Å²) < 4.78 is 17.0. The maximum absolute atomic E-state index is 12.3. The molecule has 5 atom stereocenters. The second kappa shape index (κ2) is 8.75. The zero-order valence-corrected chi connectivity index (χ0v) is 21.5. The van der Waals surface area contributed by atoms with Crippen molar-refractivity contribution in [2.45, 2.75) is 70.3 Å². The van der Waals surface area contributed by atoms with Crippen molar-refractivity contribution >= 4 is 5.78 Å². The lowest BCUT2D eigenvalue weighted by atomic mass is 9.51. The first-order chi connectivity index (χ1) is 16.8. The van der Waals surface area contributed by atoms with Crippen LogP contribution in [0, 0.1) is 29.1 Å². The summed E-state index contributed by atoms with van der Waals surface area (Å²) in [5.74, 6) is 9.14. The third kappa shape index (κ3) is 3.52. The molecule has 0 radical (unpaired) electrons. The van der Waals surface area contributed by atoms with Crippen LogP contribution in [0.25, 0.3) is 0 Å². The van der Waals surface area contributed by atoms with Gasteiger partial charge in [0.1, 0.15) is 5.60 Å². The molecular formula is C30H36O5. The molecule has 5 rings (SSSR count). The Morgan fingerprint density at radius 2 is 1.74 bits per heavy atom. The van der Waals surface area contributed by atoms with Gasteiger partial charge >= 0.3 is 0 Å². The van der Waals surface area contributed by atoms with Gasteiger partial charge in [-0.2, -0.15) is 0 Å². The maximum Gasteiger partial charge on any atom is 0.203 e. The highest BCUT2D eigenvalue weighted by atomic mass is 16.5. The fourth-order valence-electron chi connectivity index (χ4n) is 7.68. The maximum atomic E-state index is 12.3. The Morgan fingerprint density at radius 3 is 2.37 bits per heavy atom. The number of allylic oxidation sites excluding steroid dienone is 4. The van der Waals surface area contributed by atoms with Crippen LogP contribution < -0.4 is 14.2 Å². The van der Waals surface area contributed by atoms with E-state index in [0.29, 0.717) is 41.9 Å². The first-order valence-corrected chi connectivity index (χ1v) is 12.7. The van der Waals surface area contributed by atoms with Crippen LogP contribution in [0.5, 0.6) is 17.2 Å². The molecule has 4 aliphatic rings. The number of ether oxygens (including phenoxy) is 3. The number of methoxy groups -OCH3 is 3. The van der Waals surface area contributed by atoms with Crippen LogP contribution in [-0.4, -0.2) is 37.8 Å². The SMILES string of the molecule is CC#CC1(O)CCC2[C@@H]3CCC4=CC(=O)CCC4=C3C(c3cc(OC)c(OC)c(OC)c3)CC21C. The molecule has 1 aromatic carbocycles. The summed E-state index contributed by atoms with van der Waals surface area (Å²) in [4.78, 5) is 12.3. The summed E-state index contributed by atoms with van der Waals surface area (Å²) in [5, 5.41) is 11.8. The fourth-order valence-corrected chi connectivity index (χ4v) is 7.68. The van der Waals surface area contributed by atoms with E-state index >= 15 is 0 Å². The Morgan fingerprint density at radius 1 is 1.03 bits per heavy atom. The Bertz CT molecular complexity index is 1160. The summed E-state index contributed by atoms with van der Waals surface area (Å²) >= 11 is 0. The van der Waals surface area contributed by atoms with Crippen molar-refractivity contribution in [2.24, 2.45) is 17.3 Å². The summed E-state index contributed by atoms with van der Waals surface area (Å²) in [5.41, 5.74) is 3.82. The van der Waals surface area contributed by atoms with E-state index < -0.39 is 5.60 Å². The molecule has 35 heavy (non-hydrogen) atoms. The topological polar surface area (TPSA) is 65.0 Å². The summed E-state index contributed by atoms with van der Waals surface area (Å²) in [6.07, 6.45) is 7.68. The molecule has 0 bridgehead atoms. The third-order valence-electron chi connectivity index (χ3n) is 9.31. The van der Waals surface area contributed by atoms with Gasteiger partial charge in [-0.1, -0.05) is 18.4 Å². The standard InChI is InChI=1S/C30H36O5/c1-6-12-30(32)13-11-24-22-9-7-18-14-20(31)8-10-21(18)27(22)23(17-29(24,30)2)19-15-25(33-3)28(35-5)26(16-19)34-4/h14-16,22-24,32H,7-11,13,17H2,1-5H3/t22-,23?,24?,29?,30?/m0/s1. The second-order valence-corrected chi connectivity index (χ2v) is 10.7. The Labute approximate surface area is 208 Å².